The van der Waals surface area contributed by atoms with Gasteiger partial charge in [0.25, 0.3) is 0 Å². The van der Waals surface area contributed by atoms with E-state index < -0.39 is 17.1 Å². The molecule has 0 saturated heterocycles. The van der Waals surface area contributed by atoms with Crippen molar-refractivity contribution in [1.29, 1.82) is 0 Å². The first kappa shape index (κ1) is 18.4. The topological polar surface area (TPSA) is 74.6 Å². The first-order valence-corrected chi connectivity index (χ1v) is 10.2. The van der Waals surface area contributed by atoms with E-state index in [0.717, 1.165) is 19.3 Å². The highest BCUT2D eigenvalue weighted by Crippen LogP contribution is 2.68. The predicted octanol–water partition coefficient (Wildman–Crippen LogP) is 3.06. The molecule has 0 heterocycles. The maximum atomic E-state index is 12.3. The second-order valence-corrected chi connectivity index (χ2v) is 10.1. The number of rotatable bonds is 1. The number of allylic oxidation sites excluding steroid dienone is 1. The molecule has 0 aromatic carbocycles. The van der Waals surface area contributed by atoms with Gasteiger partial charge in [0.15, 0.2) is 11.6 Å². The molecule has 3 saturated carbocycles. The second kappa shape index (κ2) is 5.51. The number of hydrogen-bond acceptors (Lipinski definition) is 4. The van der Waals surface area contributed by atoms with E-state index in [1.165, 1.54) is 12.5 Å². The van der Waals surface area contributed by atoms with Crippen LogP contribution in [0.5, 0.6) is 0 Å². The van der Waals surface area contributed by atoms with Crippen molar-refractivity contribution >= 4 is 11.6 Å². The number of Topliss-reactive ketones (excluding diaryl/α,β-unsaturated/α-hetero) is 1. The van der Waals surface area contributed by atoms with Crippen LogP contribution in [-0.4, -0.2) is 33.5 Å². The van der Waals surface area contributed by atoms with Gasteiger partial charge in [-0.2, -0.15) is 0 Å². The lowest BCUT2D eigenvalue weighted by Gasteiger charge is -2.61. The minimum absolute atomic E-state index is 0.116. The molecule has 0 aliphatic heterocycles. The zero-order chi connectivity index (χ0) is 19.1. The average molecular weight is 360 g/mol. The average Bonchev–Trinajstić information content (AvgIpc) is 2.81. The molecule has 8 atom stereocenters. The molecule has 0 bridgehead atoms. The zero-order valence-corrected chi connectivity index (χ0v) is 16.4. The first-order chi connectivity index (χ1) is 12.0. The van der Waals surface area contributed by atoms with Gasteiger partial charge in [-0.1, -0.05) is 26.3 Å². The molecule has 4 rings (SSSR count). The van der Waals surface area contributed by atoms with Gasteiger partial charge in [-0.25, -0.2) is 0 Å². The Labute approximate surface area is 156 Å². The van der Waals surface area contributed by atoms with Crippen molar-refractivity contribution in [2.75, 3.05) is 0 Å². The van der Waals surface area contributed by atoms with Crippen molar-refractivity contribution in [3.05, 3.63) is 11.6 Å². The molecule has 2 N–H and O–H groups in total. The fourth-order valence-electron chi connectivity index (χ4n) is 7.70. The van der Waals surface area contributed by atoms with E-state index in [-0.39, 0.29) is 28.8 Å². The molecule has 26 heavy (non-hydrogen) atoms. The van der Waals surface area contributed by atoms with Gasteiger partial charge in [0.2, 0.25) is 0 Å². The lowest BCUT2D eigenvalue weighted by atomic mass is 9.44. The number of aliphatic hydroxyl groups is 2. The largest absolute Gasteiger partial charge is 0.393 e. The van der Waals surface area contributed by atoms with Crippen LogP contribution in [-0.2, 0) is 9.59 Å². The first-order valence-electron chi connectivity index (χ1n) is 10.2. The van der Waals surface area contributed by atoms with Crippen molar-refractivity contribution in [2.24, 2.45) is 34.5 Å². The lowest BCUT2D eigenvalue weighted by molar-refractivity contribution is -0.181. The van der Waals surface area contributed by atoms with Gasteiger partial charge in [0.05, 0.1) is 6.10 Å². The summed E-state index contributed by atoms with van der Waals surface area (Å²) in [5.41, 5.74) is -0.792. The van der Waals surface area contributed by atoms with Gasteiger partial charge < -0.3 is 10.2 Å². The highest BCUT2D eigenvalue weighted by Gasteiger charge is 2.68. The maximum absolute atomic E-state index is 12.3. The Bertz CT molecular complexity index is 696. The summed E-state index contributed by atoms with van der Waals surface area (Å²) >= 11 is 0. The minimum Gasteiger partial charge on any atom is -0.393 e. The Hall–Kier alpha value is -1.00. The summed E-state index contributed by atoms with van der Waals surface area (Å²) in [6, 6.07) is 0. The number of hydrogen-bond donors (Lipinski definition) is 2. The molecule has 0 aromatic heterocycles. The minimum atomic E-state index is -1.31. The summed E-state index contributed by atoms with van der Waals surface area (Å²) in [6.45, 7) is 7.94. The van der Waals surface area contributed by atoms with Crippen LogP contribution in [0.25, 0.3) is 0 Å². The molecule has 0 aromatic rings. The van der Waals surface area contributed by atoms with Crippen LogP contribution in [0.2, 0.25) is 0 Å². The molecule has 0 radical (unpaired) electrons. The fraction of sp³-hybridized carbons (Fsp3) is 0.818. The summed E-state index contributed by atoms with van der Waals surface area (Å²) in [6.07, 6.45) is 5.44. The molecule has 3 fully saturated rings. The van der Waals surface area contributed by atoms with Gasteiger partial charge in [-0.3, -0.25) is 9.59 Å². The van der Waals surface area contributed by atoms with Gasteiger partial charge in [-0.05, 0) is 74.2 Å². The Morgan fingerprint density at radius 3 is 2.62 bits per heavy atom. The van der Waals surface area contributed by atoms with Gasteiger partial charge in [0, 0.05) is 11.8 Å². The summed E-state index contributed by atoms with van der Waals surface area (Å²) in [4.78, 5) is 24.3. The smallest absolute Gasteiger partial charge is 0.161 e. The monoisotopic (exact) mass is 360 g/mol. The third-order valence-corrected chi connectivity index (χ3v) is 8.95. The summed E-state index contributed by atoms with van der Waals surface area (Å²) in [5.74, 6) is 1.03. The van der Waals surface area contributed by atoms with E-state index >= 15 is 0 Å². The molecule has 4 aliphatic rings. The number of ketones is 2. The number of aliphatic hydroxyl groups excluding tert-OH is 1. The normalized spacial score (nSPS) is 53.4. The van der Waals surface area contributed by atoms with E-state index in [1.807, 2.05) is 13.0 Å². The highest BCUT2D eigenvalue weighted by atomic mass is 16.3. The molecule has 4 unspecified atom stereocenters. The van der Waals surface area contributed by atoms with Crippen molar-refractivity contribution in [3.63, 3.8) is 0 Å². The van der Waals surface area contributed by atoms with E-state index in [2.05, 4.69) is 13.8 Å². The highest BCUT2D eigenvalue weighted by molar-refractivity contribution is 5.91. The second-order valence-electron chi connectivity index (χ2n) is 10.1. The SMILES string of the molecule is CC(=O)[C@@]1(O)CCC2C3C[C@H](C)C4=CC(=O)CCC4(C)C3[C@@H](O)C[C@@]21C. The molecule has 0 amide bonds. The van der Waals surface area contributed by atoms with Crippen molar-refractivity contribution in [2.45, 2.75) is 77.9 Å². The van der Waals surface area contributed by atoms with Crippen molar-refractivity contribution in [3.8, 4) is 0 Å². The van der Waals surface area contributed by atoms with Gasteiger partial charge in [-0.15, -0.1) is 0 Å². The quantitative estimate of drug-likeness (QED) is 0.754. The van der Waals surface area contributed by atoms with E-state index in [1.54, 1.807) is 0 Å². The zero-order valence-electron chi connectivity index (χ0n) is 16.4. The van der Waals surface area contributed by atoms with E-state index in [9.17, 15) is 19.8 Å². The molecule has 4 aliphatic carbocycles. The lowest BCUT2D eigenvalue weighted by Crippen LogP contribution is -2.62. The maximum Gasteiger partial charge on any atom is 0.161 e. The molecule has 4 nitrogen and oxygen atoms in total. The number of carbonyl (C=O) groups excluding carboxylic acids is 2. The molecule has 144 valence electrons. The van der Waals surface area contributed by atoms with Gasteiger partial charge in [0.1, 0.15) is 5.60 Å². The van der Waals surface area contributed by atoms with Crippen LogP contribution in [0.3, 0.4) is 0 Å². The standard InChI is InChI=1S/C22H32O4/c1-12-9-15-16-6-8-22(26,13(2)23)21(16,4)11-18(25)19(15)20(3)7-5-14(24)10-17(12)20/h10,12,15-16,18-19,25-26H,5-9,11H2,1-4H3/t12-,15?,16?,18-,19?,20?,21-,22-/m0/s1. The van der Waals surface area contributed by atoms with Crippen LogP contribution in [0.15, 0.2) is 11.6 Å². The van der Waals surface area contributed by atoms with Crippen LogP contribution in [0.1, 0.15) is 66.2 Å². The summed E-state index contributed by atoms with van der Waals surface area (Å²) in [7, 11) is 0. The van der Waals surface area contributed by atoms with Crippen LogP contribution < -0.4 is 0 Å². The Morgan fingerprint density at radius 1 is 1.27 bits per heavy atom. The summed E-state index contributed by atoms with van der Waals surface area (Å²) in [5, 5.41) is 22.5. The molecular weight excluding hydrogens is 328 g/mol. The van der Waals surface area contributed by atoms with E-state index in [0.29, 0.717) is 31.1 Å². The van der Waals surface area contributed by atoms with E-state index in [4.69, 9.17) is 0 Å². The molecular formula is C22H32O4. The van der Waals surface area contributed by atoms with Crippen molar-refractivity contribution in [1.82, 2.24) is 0 Å². The van der Waals surface area contributed by atoms with Crippen molar-refractivity contribution < 1.29 is 19.8 Å². The van der Waals surface area contributed by atoms with Crippen LogP contribution in [0, 0.1) is 34.5 Å². The van der Waals surface area contributed by atoms with Crippen LogP contribution >= 0.6 is 0 Å². The van der Waals surface area contributed by atoms with Crippen LogP contribution in [0.4, 0.5) is 0 Å². The summed E-state index contributed by atoms with van der Waals surface area (Å²) < 4.78 is 0. The number of fused-ring (bicyclic) bond motifs is 5. The fourth-order valence-corrected chi connectivity index (χ4v) is 7.70. The third-order valence-electron chi connectivity index (χ3n) is 8.95. The number of carbonyl (C=O) groups is 2. The Balaban J connectivity index is 1.79. The molecule has 4 heteroatoms. The Kier molecular flexibility index (Phi) is 3.89. The predicted molar refractivity (Wildman–Crippen MR) is 98.3 cm³/mol. The Morgan fingerprint density at radius 2 is 1.96 bits per heavy atom. The molecule has 0 spiro atoms. The van der Waals surface area contributed by atoms with Gasteiger partial charge >= 0.3 is 0 Å². The third kappa shape index (κ3) is 2.09.